The lowest BCUT2D eigenvalue weighted by Gasteiger charge is -2.18. The Hall–Kier alpha value is -4.23. The van der Waals surface area contributed by atoms with Crippen LogP contribution in [0, 0.1) is 0 Å². The van der Waals surface area contributed by atoms with Crippen LogP contribution in [0.25, 0.3) is 33.2 Å². The minimum absolute atomic E-state index is 0.166. The molecule has 2 unspecified atom stereocenters. The number of halogens is 3. The van der Waals surface area contributed by atoms with Crippen molar-refractivity contribution in [1.29, 1.82) is 0 Å². The molecule has 41 heavy (non-hydrogen) atoms. The zero-order chi connectivity index (χ0) is 29.9. The van der Waals surface area contributed by atoms with Gasteiger partial charge in [0, 0.05) is 48.4 Å². The molecular weight excluding hydrogens is 545 g/mol. The number of aromatic nitrogens is 3. The molecule has 13 heteroatoms. The summed E-state index contributed by atoms with van der Waals surface area (Å²) in [5, 5.41) is 8.09. The number of carbonyl (C=O) groups is 2. The summed E-state index contributed by atoms with van der Waals surface area (Å²) in [4.78, 5) is 39.6. The number of carboxylic acid groups (broad SMARTS) is 1. The number of carbonyl (C=O) groups excluding carboxylic acids is 1. The summed E-state index contributed by atoms with van der Waals surface area (Å²) in [5.74, 6) is -3.23. The third kappa shape index (κ3) is 6.25. The smallest absolute Gasteiger partial charge is 0.475 e. The van der Waals surface area contributed by atoms with Crippen molar-refractivity contribution in [1.82, 2.24) is 14.1 Å². The van der Waals surface area contributed by atoms with Gasteiger partial charge in [0.25, 0.3) is 5.56 Å². The minimum Gasteiger partial charge on any atom is -0.475 e. The van der Waals surface area contributed by atoms with Crippen LogP contribution < -0.4 is 11.3 Å². The molecule has 4 aromatic rings. The normalized spacial score (nSPS) is 15.9. The predicted octanol–water partition coefficient (Wildman–Crippen LogP) is 4.14. The van der Waals surface area contributed by atoms with Crippen LogP contribution in [0.1, 0.15) is 36.2 Å². The van der Waals surface area contributed by atoms with Gasteiger partial charge in [0.2, 0.25) is 0 Å². The van der Waals surface area contributed by atoms with Gasteiger partial charge >= 0.3 is 18.1 Å². The van der Waals surface area contributed by atoms with Crippen molar-refractivity contribution in [2.24, 2.45) is 5.73 Å². The molecule has 3 N–H and O–H groups in total. The van der Waals surface area contributed by atoms with Gasteiger partial charge in [-0.1, -0.05) is 18.2 Å². The number of nitrogens with two attached hydrogens (primary N) is 1. The number of alkyl halides is 3. The monoisotopic (exact) mass is 574 g/mol. The predicted molar refractivity (Wildman–Crippen MR) is 145 cm³/mol. The molecule has 3 heterocycles. The summed E-state index contributed by atoms with van der Waals surface area (Å²) in [6, 6.07) is 12.8. The fourth-order valence-corrected chi connectivity index (χ4v) is 4.76. The molecule has 10 nitrogen and oxygen atoms in total. The highest BCUT2D eigenvalue weighted by molar-refractivity contribution is 5.97. The zero-order valence-electron chi connectivity index (χ0n) is 22.4. The average molecular weight is 575 g/mol. The Balaban J connectivity index is 0.000000493. The maximum absolute atomic E-state index is 13.8. The van der Waals surface area contributed by atoms with Crippen LogP contribution in [0.2, 0.25) is 0 Å². The summed E-state index contributed by atoms with van der Waals surface area (Å²) in [5.41, 5.74) is 9.42. The maximum atomic E-state index is 13.8. The summed E-state index contributed by atoms with van der Waals surface area (Å²) < 4.78 is 46.2. The summed E-state index contributed by atoms with van der Waals surface area (Å²) in [7, 11) is 1.33. The van der Waals surface area contributed by atoms with E-state index >= 15 is 0 Å². The van der Waals surface area contributed by atoms with Crippen LogP contribution >= 0.6 is 0 Å². The van der Waals surface area contributed by atoms with E-state index in [1.54, 1.807) is 22.8 Å². The molecule has 1 saturated heterocycles. The van der Waals surface area contributed by atoms with E-state index in [0.717, 1.165) is 42.5 Å². The van der Waals surface area contributed by atoms with Crippen LogP contribution in [-0.4, -0.2) is 63.7 Å². The van der Waals surface area contributed by atoms with Gasteiger partial charge in [0.1, 0.15) is 5.69 Å². The lowest BCUT2D eigenvalue weighted by Crippen LogP contribution is -2.30. The first-order chi connectivity index (χ1) is 19.5. The van der Waals surface area contributed by atoms with Gasteiger partial charge in [-0.3, -0.25) is 4.79 Å². The van der Waals surface area contributed by atoms with Crippen LogP contribution in [0.4, 0.5) is 13.2 Å². The van der Waals surface area contributed by atoms with Gasteiger partial charge in [-0.05, 0) is 44.0 Å². The van der Waals surface area contributed by atoms with E-state index in [4.69, 9.17) is 30.1 Å². The summed E-state index contributed by atoms with van der Waals surface area (Å²) in [6.07, 6.45) is -0.821. The van der Waals surface area contributed by atoms with E-state index in [-0.39, 0.29) is 24.2 Å². The largest absolute Gasteiger partial charge is 0.490 e. The Morgan fingerprint density at radius 2 is 1.93 bits per heavy atom. The fourth-order valence-electron chi connectivity index (χ4n) is 4.76. The van der Waals surface area contributed by atoms with Crippen molar-refractivity contribution in [3.8, 4) is 11.3 Å². The van der Waals surface area contributed by atoms with Crippen molar-refractivity contribution in [3.63, 3.8) is 0 Å². The van der Waals surface area contributed by atoms with Gasteiger partial charge in [0.05, 0.1) is 29.8 Å². The number of para-hydroxylation sites is 1. The van der Waals surface area contributed by atoms with Gasteiger partial charge in [-0.15, -0.1) is 0 Å². The first kappa shape index (κ1) is 29.7. The highest BCUT2D eigenvalue weighted by Crippen LogP contribution is 2.31. The molecule has 0 amide bonds. The third-order valence-electron chi connectivity index (χ3n) is 6.80. The number of fused-ring (bicyclic) bond motifs is 2. The number of aliphatic carboxylic acids is 1. The third-order valence-corrected chi connectivity index (χ3v) is 6.80. The Morgan fingerprint density at radius 3 is 2.54 bits per heavy atom. The van der Waals surface area contributed by atoms with Crippen molar-refractivity contribution < 1.29 is 37.3 Å². The number of nitrogens with zero attached hydrogens (tertiary/aromatic N) is 3. The number of hydrogen-bond acceptors (Lipinski definition) is 7. The molecule has 5 rings (SSSR count). The molecule has 218 valence electrons. The van der Waals surface area contributed by atoms with Crippen LogP contribution in [-0.2, 0) is 20.8 Å². The molecule has 1 aliphatic heterocycles. The van der Waals surface area contributed by atoms with Gasteiger partial charge in [-0.25, -0.2) is 14.6 Å². The lowest BCUT2D eigenvalue weighted by molar-refractivity contribution is -0.192. The highest BCUT2D eigenvalue weighted by Gasteiger charge is 2.38. The average Bonchev–Trinajstić information content (AvgIpc) is 3.60. The van der Waals surface area contributed by atoms with Crippen LogP contribution in [0.3, 0.4) is 0 Å². The van der Waals surface area contributed by atoms with E-state index in [2.05, 4.69) is 10.6 Å². The molecule has 2 aromatic carbocycles. The van der Waals surface area contributed by atoms with Gasteiger partial charge in [-0.2, -0.15) is 13.2 Å². The first-order valence-corrected chi connectivity index (χ1v) is 12.8. The molecule has 1 aliphatic rings. The molecule has 2 atom stereocenters. The minimum atomic E-state index is -5.08. The summed E-state index contributed by atoms with van der Waals surface area (Å²) in [6.45, 7) is 3.67. The fraction of sp³-hybridized carbons (Fsp3) is 0.357. The summed E-state index contributed by atoms with van der Waals surface area (Å²) >= 11 is 0. The highest BCUT2D eigenvalue weighted by atomic mass is 19.4. The Kier molecular flexibility index (Phi) is 8.78. The molecule has 0 spiro atoms. The standard InChI is InChI=1S/C26H28N4O4.C2HF3O2/c1-16(13-27)30-23-12-17(26(32)33-2)9-10-21(23)28-24(25(30)31)20-15-29(14-18-6-5-11-34-18)22-8-4-3-7-19(20)22;3-2(4,5)1(6)7/h3-4,7-10,12,15-16,18H,5-6,11,13-14,27H2,1-2H3;(H,6,7). The second-order valence-corrected chi connectivity index (χ2v) is 9.57. The van der Waals surface area contributed by atoms with Gasteiger partial charge in [0.15, 0.2) is 0 Å². The number of rotatable bonds is 6. The SMILES string of the molecule is COC(=O)c1ccc2nc(-c3cn(CC4CCCO4)c4ccccc34)c(=O)n(C(C)CN)c2c1.O=C(O)C(F)(F)F. The molecule has 0 bridgehead atoms. The second-order valence-electron chi connectivity index (χ2n) is 9.57. The Labute approximate surface area is 232 Å². The van der Waals surface area contributed by atoms with E-state index < -0.39 is 18.1 Å². The van der Waals surface area contributed by atoms with E-state index in [9.17, 15) is 22.8 Å². The number of benzene rings is 2. The van der Waals surface area contributed by atoms with Crippen molar-refractivity contribution in [2.75, 3.05) is 20.3 Å². The number of methoxy groups -OCH3 is 1. The van der Waals surface area contributed by atoms with E-state index in [1.165, 1.54) is 7.11 Å². The maximum Gasteiger partial charge on any atom is 0.490 e. The van der Waals surface area contributed by atoms with E-state index in [0.29, 0.717) is 22.3 Å². The topological polar surface area (TPSA) is 139 Å². The number of hydrogen-bond donors (Lipinski definition) is 2. The zero-order valence-corrected chi connectivity index (χ0v) is 22.4. The van der Waals surface area contributed by atoms with Crippen molar-refractivity contribution in [2.45, 2.75) is 44.6 Å². The number of ether oxygens (including phenoxy) is 2. The first-order valence-electron chi connectivity index (χ1n) is 12.8. The van der Waals surface area contributed by atoms with Crippen LogP contribution in [0.5, 0.6) is 0 Å². The lowest BCUT2D eigenvalue weighted by atomic mass is 10.1. The molecule has 2 aromatic heterocycles. The number of esters is 1. The second kappa shape index (κ2) is 12.1. The molecule has 0 saturated carbocycles. The van der Waals surface area contributed by atoms with Gasteiger partial charge < -0.3 is 29.4 Å². The van der Waals surface area contributed by atoms with E-state index in [1.807, 2.05) is 31.3 Å². The van der Waals surface area contributed by atoms with Crippen LogP contribution in [0.15, 0.2) is 53.5 Å². The van der Waals surface area contributed by atoms with Crippen molar-refractivity contribution >= 4 is 33.9 Å². The molecule has 1 fully saturated rings. The Bertz CT molecular complexity index is 1640. The molecular formula is C28H29F3N4O6. The quantitative estimate of drug-likeness (QED) is 0.328. The number of carboxylic acids is 1. The molecule has 0 radical (unpaired) electrons. The Morgan fingerprint density at radius 1 is 1.22 bits per heavy atom. The molecule has 0 aliphatic carbocycles. The van der Waals surface area contributed by atoms with Crippen molar-refractivity contribution in [3.05, 3.63) is 64.6 Å².